The van der Waals surface area contributed by atoms with Crippen molar-refractivity contribution in [1.29, 1.82) is 0 Å². The summed E-state index contributed by atoms with van der Waals surface area (Å²) in [7, 11) is 0. The molecule has 0 aliphatic carbocycles. The quantitative estimate of drug-likeness (QED) is 0.681. The first-order chi connectivity index (χ1) is 7.61. The van der Waals surface area contributed by atoms with Crippen molar-refractivity contribution in [3.8, 4) is 0 Å². The maximum Gasteiger partial charge on any atom is 0.111 e. The molecule has 1 unspecified atom stereocenters. The molecule has 0 aliphatic heterocycles. The third kappa shape index (κ3) is 4.97. The summed E-state index contributed by atoms with van der Waals surface area (Å²) >= 11 is 0. The van der Waals surface area contributed by atoms with E-state index in [9.17, 15) is 0 Å². The Morgan fingerprint density at radius 1 is 0.824 bits per heavy atom. The third-order valence-electron chi connectivity index (χ3n) is 3.78. The number of hydrogen-bond acceptors (Lipinski definition) is 2. The van der Waals surface area contributed by atoms with Crippen molar-refractivity contribution >= 4 is 0 Å². The molecule has 104 valence electrons. The molecule has 1 atom stereocenters. The highest BCUT2D eigenvalue weighted by atomic mass is 16.5. The molecule has 0 amide bonds. The highest BCUT2D eigenvalue weighted by Crippen LogP contribution is 2.32. The maximum absolute atomic E-state index is 6.42. The summed E-state index contributed by atoms with van der Waals surface area (Å²) in [5, 5.41) is 3.52. The molecule has 0 saturated heterocycles. The van der Waals surface area contributed by atoms with E-state index in [1.807, 2.05) is 0 Å². The van der Waals surface area contributed by atoms with E-state index in [0.29, 0.717) is 23.8 Å². The van der Waals surface area contributed by atoms with Crippen LogP contribution in [0.4, 0.5) is 0 Å². The van der Waals surface area contributed by atoms with E-state index in [2.05, 4.69) is 67.6 Å². The summed E-state index contributed by atoms with van der Waals surface area (Å²) in [5.41, 5.74) is -0.0726. The van der Waals surface area contributed by atoms with Gasteiger partial charge in [-0.3, -0.25) is 5.32 Å². The second kappa shape index (κ2) is 6.75. The van der Waals surface area contributed by atoms with Crippen LogP contribution in [0.2, 0.25) is 0 Å². The largest absolute Gasteiger partial charge is 0.356 e. The minimum absolute atomic E-state index is 0.0726. The lowest BCUT2D eigenvalue weighted by molar-refractivity contribution is -0.161. The van der Waals surface area contributed by atoms with Crippen LogP contribution in [0.3, 0.4) is 0 Å². The molecule has 0 aromatic rings. The fourth-order valence-corrected chi connectivity index (χ4v) is 1.90. The van der Waals surface area contributed by atoms with E-state index in [4.69, 9.17) is 4.74 Å². The number of ether oxygens (including phenoxy) is 1. The normalized spacial score (nSPS) is 15.4. The molecule has 0 radical (unpaired) electrons. The van der Waals surface area contributed by atoms with Gasteiger partial charge in [-0.05, 0) is 38.5 Å². The average Bonchev–Trinajstić information content (AvgIpc) is 2.14. The van der Waals surface area contributed by atoms with Crippen molar-refractivity contribution in [2.45, 2.75) is 80.2 Å². The molecule has 1 N–H and O–H groups in total. The van der Waals surface area contributed by atoms with Crippen LogP contribution >= 0.6 is 0 Å². The highest BCUT2D eigenvalue weighted by Gasteiger charge is 2.36. The van der Waals surface area contributed by atoms with Gasteiger partial charge in [0.1, 0.15) is 6.23 Å². The molecule has 2 heteroatoms. The predicted molar refractivity (Wildman–Crippen MR) is 76.1 cm³/mol. The van der Waals surface area contributed by atoms with Gasteiger partial charge in [0.2, 0.25) is 0 Å². The number of rotatable bonds is 7. The molecule has 17 heavy (non-hydrogen) atoms. The van der Waals surface area contributed by atoms with Crippen molar-refractivity contribution in [3.63, 3.8) is 0 Å². The van der Waals surface area contributed by atoms with E-state index < -0.39 is 0 Å². The number of hydrogen-bond donors (Lipinski definition) is 1. The zero-order chi connectivity index (χ0) is 13.8. The SMILES string of the molecule is CC(C)NC(OC(C)(C(C)C)C(C)C)C(C)C. The topological polar surface area (TPSA) is 21.3 Å². The molecular formula is C15H33NO. The van der Waals surface area contributed by atoms with Gasteiger partial charge in [-0.1, -0.05) is 41.5 Å². The van der Waals surface area contributed by atoms with Gasteiger partial charge < -0.3 is 4.74 Å². The van der Waals surface area contributed by atoms with Gasteiger partial charge in [-0.25, -0.2) is 0 Å². The lowest BCUT2D eigenvalue weighted by Crippen LogP contribution is -2.51. The van der Waals surface area contributed by atoms with Crippen LogP contribution in [0.5, 0.6) is 0 Å². The zero-order valence-corrected chi connectivity index (χ0v) is 13.3. The first-order valence-electron chi connectivity index (χ1n) is 7.05. The molecule has 0 aliphatic rings. The van der Waals surface area contributed by atoms with Crippen LogP contribution in [-0.2, 0) is 4.74 Å². The Morgan fingerprint density at radius 3 is 1.47 bits per heavy atom. The van der Waals surface area contributed by atoms with Crippen LogP contribution < -0.4 is 5.32 Å². The minimum Gasteiger partial charge on any atom is -0.356 e. The van der Waals surface area contributed by atoms with Crippen LogP contribution in [0.15, 0.2) is 0 Å². The maximum atomic E-state index is 6.42. The highest BCUT2D eigenvalue weighted by molar-refractivity contribution is 4.84. The first-order valence-corrected chi connectivity index (χ1v) is 7.05. The molecule has 0 aromatic carbocycles. The van der Waals surface area contributed by atoms with Gasteiger partial charge in [0, 0.05) is 6.04 Å². The van der Waals surface area contributed by atoms with E-state index in [1.165, 1.54) is 0 Å². The summed E-state index contributed by atoms with van der Waals surface area (Å²) in [5.74, 6) is 1.50. The summed E-state index contributed by atoms with van der Waals surface area (Å²) in [4.78, 5) is 0. The minimum atomic E-state index is -0.0726. The molecule has 2 nitrogen and oxygen atoms in total. The van der Waals surface area contributed by atoms with Gasteiger partial charge in [0.05, 0.1) is 5.60 Å². The van der Waals surface area contributed by atoms with Gasteiger partial charge >= 0.3 is 0 Å². The fraction of sp³-hybridized carbons (Fsp3) is 1.00. The van der Waals surface area contributed by atoms with Crippen LogP contribution in [-0.4, -0.2) is 17.9 Å². The lowest BCUT2D eigenvalue weighted by atomic mass is 9.81. The smallest absolute Gasteiger partial charge is 0.111 e. The van der Waals surface area contributed by atoms with Gasteiger partial charge in [0.25, 0.3) is 0 Å². The van der Waals surface area contributed by atoms with Crippen molar-refractivity contribution in [3.05, 3.63) is 0 Å². The van der Waals surface area contributed by atoms with Crippen LogP contribution in [0.25, 0.3) is 0 Å². The van der Waals surface area contributed by atoms with Gasteiger partial charge in [-0.15, -0.1) is 0 Å². The molecule has 0 heterocycles. The van der Waals surface area contributed by atoms with Gasteiger partial charge in [0.15, 0.2) is 0 Å². The molecule has 0 bridgehead atoms. The Labute approximate surface area is 109 Å². The average molecular weight is 243 g/mol. The van der Waals surface area contributed by atoms with Crippen molar-refractivity contribution in [2.24, 2.45) is 17.8 Å². The summed E-state index contributed by atoms with van der Waals surface area (Å²) in [6.45, 7) is 20.0. The van der Waals surface area contributed by atoms with Crippen molar-refractivity contribution in [2.75, 3.05) is 0 Å². The fourth-order valence-electron chi connectivity index (χ4n) is 1.90. The summed E-state index contributed by atoms with van der Waals surface area (Å²) in [6, 6.07) is 0.450. The van der Waals surface area contributed by atoms with E-state index >= 15 is 0 Å². The predicted octanol–water partition coefficient (Wildman–Crippen LogP) is 4.05. The zero-order valence-electron chi connectivity index (χ0n) is 13.3. The van der Waals surface area contributed by atoms with E-state index in [-0.39, 0.29) is 11.8 Å². The second-order valence-electron chi connectivity index (χ2n) is 6.60. The molecular weight excluding hydrogens is 210 g/mol. The standard InChI is InChI=1S/C15H33NO/c1-10(2)14(16-13(7)8)17-15(9,11(3)4)12(5)6/h10-14,16H,1-9H3. The van der Waals surface area contributed by atoms with E-state index in [0.717, 1.165) is 0 Å². The van der Waals surface area contributed by atoms with Gasteiger partial charge in [-0.2, -0.15) is 0 Å². The molecule has 0 rings (SSSR count). The third-order valence-corrected chi connectivity index (χ3v) is 3.78. The molecule has 0 fully saturated rings. The van der Waals surface area contributed by atoms with Crippen molar-refractivity contribution in [1.82, 2.24) is 5.32 Å². The monoisotopic (exact) mass is 243 g/mol. The van der Waals surface area contributed by atoms with E-state index in [1.54, 1.807) is 0 Å². The Balaban J connectivity index is 4.81. The van der Waals surface area contributed by atoms with Crippen LogP contribution in [0, 0.1) is 17.8 Å². The lowest BCUT2D eigenvalue weighted by Gasteiger charge is -2.42. The molecule has 0 aromatic heterocycles. The van der Waals surface area contributed by atoms with Crippen molar-refractivity contribution < 1.29 is 4.74 Å². The Bertz CT molecular complexity index is 201. The summed E-state index contributed by atoms with van der Waals surface area (Å²) in [6.07, 6.45) is 0.129. The second-order valence-corrected chi connectivity index (χ2v) is 6.60. The van der Waals surface area contributed by atoms with Crippen LogP contribution in [0.1, 0.15) is 62.3 Å². The number of nitrogens with one attached hydrogen (secondary N) is 1. The molecule has 0 saturated carbocycles. The summed E-state index contributed by atoms with van der Waals surface area (Å²) < 4.78 is 6.42. The Kier molecular flexibility index (Phi) is 6.71. The molecule has 0 spiro atoms. The Hall–Kier alpha value is -0.0800. The Morgan fingerprint density at radius 2 is 1.24 bits per heavy atom. The first kappa shape index (κ1) is 16.9.